The van der Waals surface area contributed by atoms with E-state index in [2.05, 4.69) is 75.8 Å². The Kier molecular flexibility index (Phi) is 23.1. The van der Waals surface area contributed by atoms with Gasteiger partial charge in [0.1, 0.15) is 38.0 Å². The van der Waals surface area contributed by atoms with Gasteiger partial charge in [-0.3, -0.25) is 4.21 Å². The summed E-state index contributed by atoms with van der Waals surface area (Å²) >= 11 is 11.4. The Balaban J connectivity index is 0.000000159. The molecule has 3 aliphatic carbocycles. The minimum atomic E-state index is -1.07. The fourth-order valence-corrected chi connectivity index (χ4v) is 11.6. The Hall–Kier alpha value is -8.81. The smallest absolute Gasteiger partial charge is 0.408 e. The standard InChI is InChI=1S/C21H23NO5S.C20H19NO5.C20H19NO4.C7H6Cl2/c1-26-20(23)19(11-12-28(2)25)22-21(24)27-13-18-16-9-5-3-7-14(16)15-8-4-6-10-17(15)18;1-24-19(22)18(17-11-25-17)21-20(23)26-10-16-14-8-4-2-6-12(14)13-7-3-5-9-15(13)16;1-3-18(19(22)24-2)21-20(23)25-12-17-15-10-6-4-8-13(15)14-9-5-7-11-16(14)17;1-5-2-3-6(8)4-7(5)9/h3-10,18-19H,11-13H2,1-2H3,(H,22,24);2-9,16-18H,10-11H2,1H3,(H,21,23);3-11,17-18H,1,12H2,2H3,(H,21,23);2-4H,1H3/t19-,28?;17?,18-;18-;/m000./s1. The summed E-state index contributed by atoms with van der Waals surface area (Å²) < 4.78 is 46.6. The lowest BCUT2D eigenvalue weighted by molar-refractivity contribution is -0.144. The number of carbonyl (C=O) groups excluding carboxylic acids is 6. The fourth-order valence-electron chi connectivity index (χ4n) is 10.6. The van der Waals surface area contributed by atoms with Crippen molar-refractivity contribution in [2.75, 3.05) is 59.8 Å². The van der Waals surface area contributed by atoms with Crippen molar-refractivity contribution in [3.8, 4) is 33.4 Å². The van der Waals surface area contributed by atoms with Gasteiger partial charge in [-0.1, -0.05) is 181 Å². The molecule has 17 nitrogen and oxygen atoms in total. The topological polar surface area (TPSA) is 223 Å². The molecule has 1 fully saturated rings. The first-order chi connectivity index (χ1) is 42.5. The van der Waals surface area contributed by atoms with E-state index in [0.29, 0.717) is 11.6 Å². The zero-order valence-electron chi connectivity index (χ0n) is 49.0. The van der Waals surface area contributed by atoms with Crippen molar-refractivity contribution in [3.63, 3.8) is 0 Å². The maximum atomic E-state index is 12.3. The molecule has 0 spiro atoms. The molecule has 0 bridgehead atoms. The molecule has 20 heteroatoms. The number of esters is 3. The molecule has 5 atom stereocenters. The third kappa shape index (κ3) is 16.4. The number of amides is 3. The quantitative estimate of drug-likeness (QED) is 0.0334. The van der Waals surface area contributed by atoms with E-state index in [-0.39, 0.29) is 55.9 Å². The molecule has 0 aromatic heterocycles. The number of methoxy groups -OCH3 is 3. The second-order valence-corrected chi connectivity index (χ2v) is 23.0. The number of aryl methyl sites for hydroxylation is 1. The highest BCUT2D eigenvalue weighted by Crippen LogP contribution is 2.47. The van der Waals surface area contributed by atoms with Gasteiger partial charge in [-0.2, -0.15) is 0 Å². The van der Waals surface area contributed by atoms with Crippen molar-refractivity contribution < 1.29 is 66.1 Å². The van der Waals surface area contributed by atoms with Crippen LogP contribution in [0.3, 0.4) is 0 Å². The Morgan fingerprint density at radius 2 is 0.898 bits per heavy atom. The third-order valence-electron chi connectivity index (χ3n) is 15.1. The van der Waals surface area contributed by atoms with Gasteiger partial charge in [0, 0.05) is 50.6 Å². The zero-order valence-corrected chi connectivity index (χ0v) is 51.4. The molecule has 2 unspecified atom stereocenters. The first-order valence-electron chi connectivity index (χ1n) is 28.1. The highest BCUT2D eigenvalue weighted by Gasteiger charge is 2.41. The van der Waals surface area contributed by atoms with Gasteiger partial charge in [-0.15, -0.1) is 6.58 Å². The molecule has 1 aliphatic heterocycles. The number of hydrogen-bond acceptors (Lipinski definition) is 14. The number of ether oxygens (including phenoxy) is 7. The fraction of sp³-hybridized carbons (Fsp3) is 0.265. The maximum Gasteiger partial charge on any atom is 0.408 e. The molecule has 0 saturated carbocycles. The van der Waals surface area contributed by atoms with Crippen LogP contribution >= 0.6 is 23.2 Å². The minimum absolute atomic E-state index is 0.0260. The molecule has 3 amide bonds. The molecule has 7 aromatic carbocycles. The van der Waals surface area contributed by atoms with Crippen LogP contribution in [0.1, 0.15) is 63.1 Å². The second-order valence-electron chi connectivity index (χ2n) is 20.6. The number of rotatable bonds is 17. The van der Waals surface area contributed by atoms with Crippen LogP contribution in [-0.2, 0) is 58.3 Å². The van der Waals surface area contributed by atoms with Gasteiger partial charge in [-0.25, -0.2) is 28.8 Å². The molecule has 0 radical (unpaired) electrons. The number of benzene rings is 7. The summed E-state index contributed by atoms with van der Waals surface area (Å²) in [7, 11) is 2.70. The average molecular weight is 1250 g/mol. The lowest BCUT2D eigenvalue weighted by Gasteiger charge is -2.18. The van der Waals surface area contributed by atoms with E-state index in [1.165, 1.54) is 27.4 Å². The lowest BCUT2D eigenvalue weighted by atomic mass is 9.98. The predicted octanol–water partition coefficient (Wildman–Crippen LogP) is 11.9. The Morgan fingerprint density at radius 3 is 1.22 bits per heavy atom. The Labute approximate surface area is 523 Å². The monoisotopic (exact) mass is 1250 g/mol. The van der Waals surface area contributed by atoms with Crippen molar-refractivity contribution in [1.29, 1.82) is 0 Å². The van der Waals surface area contributed by atoms with Crippen molar-refractivity contribution in [3.05, 3.63) is 225 Å². The van der Waals surface area contributed by atoms with Gasteiger partial charge >= 0.3 is 36.2 Å². The summed E-state index contributed by atoms with van der Waals surface area (Å²) in [5, 5.41) is 8.91. The molecule has 4 aliphatic rings. The highest BCUT2D eigenvalue weighted by atomic mass is 35.5. The van der Waals surface area contributed by atoms with Crippen LogP contribution in [0, 0.1) is 6.92 Å². The summed E-state index contributed by atoms with van der Waals surface area (Å²) in [5.74, 6) is -1.55. The van der Waals surface area contributed by atoms with Crippen molar-refractivity contribution >= 4 is 70.2 Å². The molecule has 3 N–H and O–H groups in total. The van der Waals surface area contributed by atoms with Crippen LogP contribution in [0.5, 0.6) is 0 Å². The predicted molar refractivity (Wildman–Crippen MR) is 337 cm³/mol. The number of nitrogens with one attached hydrogen (secondary N) is 3. The largest absolute Gasteiger partial charge is 0.467 e. The Morgan fingerprint density at radius 1 is 0.545 bits per heavy atom. The summed E-state index contributed by atoms with van der Waals surface area (Å²) in [5.41, 5.74) is 14.7. The molecule has 7 aromatic rings. The van der Waals surface area contributed by atoms with Crippen molar-refractivity contribution in [2.45, 2.75) is 55.3 Å². The van der Waals surface area contributed by atoms with E-state index in [1.807, 2.05) is 116 Å². The van der Waals surface area contributed by atoms with Crippen LogP contribution in [0.15, 0.2) is 176 Å². The molecular formula is C68H67Cl2N3O14S. The molecule has 1 heterocycles. The molecular weight excluding hydrogens is 1190 g/mol. The van der Waals surface area contributed by atoms with Gasteiger partial charge < -0.3 is 49.1 Å². The zero-order chi connectivity index (χ0) is 62.9. The summed E-state index contributed by atoms with van der Waals surface area (Å²) in [6, 6.07) is 51.3. The molecule has 11 rings (SSSR count). The van der Waals surface area contributed by atoms with Crippen LogP contribution in [-0.4, -0.2) is 124 Å². The number of hydrogen-bond donors (Lipinski definition) is 3. The minimum Gasteiger partial charge on any atom is -0.467 e. The molecule has 1 saturated heterocycles. The third-order valence-corrected chi connectivity index (χ3v) is 16.5. The van der Waals surface area contributed by atoms with E-state index in [9.17, 15) is 33.0 Å². The first kappa shape index (κ1) is 65.2. The number of alkyl carbamates (subject to hydrolysis) is 3. The SMILES string of the molecule is C=C[C@H](NC(=O)OCC1c2ccccc2-c2ccccc21)C(=O)OC.COC(=O)[C@@H](NC(=O)OCC1c2ccccc2-c2ccccc21)C1CO1.COC(=O)[C@H](CCS(C)=O)NC(=O)OCC1c2ccccc2-c2ccccc21.Cc1ccc(Cl)cc1Cl. The second kappa shape index (κ2) is 31.2. The number of epoxide rings is 1. The summed E-state index contributed by atoms with van der Waals surface area (Å²) in [6.45, 7) is 6.41. The van der Waals surface area contributed by atoms with E-state index in [0.717, 1.165) is 77.3 Å². The van der Waals surface area contributed by atoms with E-state index in [4.69, 9.17) is 51.6 Å². The Bertz CT molecular complexity index is 3550. The van der Waals surface area contributed by atoms with E-state index < -0.39 is 65.1 Å². The average Bonchev–Trinajstić information content (AvgIpc) is 2.24. The van der Waals surface area contributed by atoms with Crippen LogP contribution < -0.4 is 16.0 Å². The van der Waals surface area contributed by atoms with Crippen LogP contribution in [0.25, 0.3) is 33.4 Å². The highest BCUT2D eigenvalue weighted by molar-refractivity contribution is 7.84. The lowest BCUT2D eigenvalue weighted by Crippen LogP contribution is -2.45. The molecule has 458 valence electrons. The van der Waals surface area contributed by atoms with Gasteiger partial charge in [0.15, 0.2) is 6.04 Å². The summed E-state index contributed by atoms with van der Waals surface area (Å²) in [4.78, 5) is 71.6. The van der Waals surface area contributed by atoms with Gasteiger partial charge in [-0.05, 0) is 97.8 Å². The maximum absolute atomic E-state index is 12.3. The van der Waals surface area contributed by atoms with Crippen LogP contribution in [0.4, 0.5) is 14.4 Å². The van der Waals surface area contributed by atoms with Gasteiger partial charge in [0.2, 0.25) is 0 Å². The van der Waals surface area contributed by atoms with Crippen molar-refractivity contribution in [2.24, 2.45) is 0 Å². The first-order valence-corrected chi connectivity index (χ1v) is 30.6. The number of fused-ring (bicyclic) bond motifs is 9. The number of halogens is 2. The van der Waals surface area contributed by atoms with Gasteiger partial charge in [0.25, 0.3) is 0 Å². The normalized spacial score (nSPS) is 14.8. The number of carbonyl (C=O) groups is 6. The van der Waals surface area contributed by atoms with Crippen LogP contribution in [0.2, 0.25) is 10.0 Å². The van der Waals surface area contributed by atoms with Gasteiger partial charge in [0.05, 0.1) is 27.9 Å². The molecule has 88 heavy (non-hydrogen) atoms. The van der Waals surface area contributed by atoms with Crippen molar-refractivity contribution in [1.82, 2.24) is 16.0 Å². The van der Waals surface area contributed by atoms with E-state index >= 15 is 0 Å². The van der Waals surface area contributed by atoms with E-state index in [1.54, 1.807) is 12.3 Å². The summed E-state index contributed by atoms with van der Waals surface area (Å²) in [6.07, 6.45) is 0.687.